The average molecular weight is 606 g/mol. The van der Waals surface area contributed by atoms with Crippen molar-refractivity contribution < 1.29 is 18.9 Å². The zero-order valence-electron chi connectivity index (χ0n) is 21.1. The van der Waals surface area contributed by atoms with Gasteiger partial charge in [0.05, 0.1) is 5.25 Å². The van der Waals surface area contributed by atoms with E-state index in [1.165, 1.54) is 11.8 Å². The normalized spacial score (nSPS) is 11.9. The first-order valence-electron chi connectivity index (χ1n) is 11.9. The molecule has 4 rings (SSSR count). The fraction of sp³-hybridized carbons (Fsp3) is 0.103. The molecule has 1 heterocycles. The highest BCUT2D eigenvalue weighted by Crippen LogP contribution is 2.26. The molecular formula is C29H25BrN4O4S. The van der Waals surface area contributed by atoms with Crippen molar-refractivity contribution in [3.05, 3.63) is 112 Å². The van der Waals surface area contributed by atoms with Gasteiger partial charge >= 0.3 is 0 Å². The number of thioether (sulfide) groups is 1. The van der Waals surface area contributed by atoms with Gasteiger partial charge in [0, 0.05) is 26.7 Å². The summed E-state index contributed by atoms with van der Waals surface area (Å²) >= 11 is 4.76. The molecule has 3 amide bonds. The Morgan fingerprint density at radius 3 is 2.28 bits per heavy atom. The Kier molecular flexibility index (Phi) is 9.35. The van der Waals surface area contributed by atoms with Crippen molar-refractivity contribution in [1.29, 1.82) is 0 Å². The van der Waals surface area contributed by atoms with Crippen LogP contribution in [-0.4, -0.2) is 28.1 Å². The summed E-state index contributed by atoms with van der Waals surface area (Å²) in [5.41, 5.74) is 1.81. The molecule has 0 saturated carbocycles. The Labute approximate surface area is 238 Å². The SMILES string of the molecule is Cc1cc(NC(=O)C(C)Sc2ccc(NC(=O)/C(=C/c3ccc(Br)cc3)NC(=O)c3ccccc3)cc2)no1. The molecule has 0 aliphatic carbocycles. The van der Waals surface area contributed by atoms with Crippen molar-refractivity contribution in [1.82, 2.24) is 10.5 Å². The summed E-state index contributed by atoms with van der Waals surface area (Å²) in [6.45, 7) is 3.54. The van der Waals surface area contributed by atoms with E-state index in [4.69, 9.17) is 4.52 Å². The molecule has 1 aromatic heterocycles. The summed E-state index contributed by atoms with van der Waals surface area (Å²) in [5.74, 6) is -0.0956. The zero-order chi connectivity index (χ0) is 27.8. The van der Waals surface area contributed by atoms with E-state index in [9.17, 15) is 14.4 Å². The van der Waals surface area contributed by atoms with E-state index in [1.807, 2.05) is 42.5 Å². The minimum absolute atomic E-state index is 0.0954. The van der Waals surface area contributed by atoms with Crippen LogP contribution in [0.4, 0.5) is 11.5 Å². The maximum Gasteiger partial charge on any atom is 0.272 e. The molecule has 0 fully saturated rings. The Bertz CT molecular complexity index is 1490. The number of aryl methyl sites for hydroxylation is 1. The number of anilines is 2. The van der Waals surface area contributed by atoms with Crippen LogP contribution in [0.2, 0.25) is 0 Å². The molecule has 1 atom stereocenters. The molecule has 3 aromatic carbocycles. The minimum Gasteiger partial charge on any atom is -0.360 e. The van der Waals surface area contributed by atoms with Gasteiger partial charge in [-0.25, -0.2) is 0 Å². The van der Waals surface area contributed by atoms with Crippen molar-refractivity contribution in [2.75, 3.05) is 10.6 Å². The quantitative estimate of drug-likeness (QED) is 0.153. The van der Waals surface area contributed by atoms with E-state index in [0.29, 0.717) is 22.8 Å². The summed E-state index contributed by atoms with van der Waals surface area (Å²) in [5, 5.41) is 11.7. The topological polar surface area (TPSA) is 113 Å². The lowest BCUT2D eigenvalue weighted by Crippen LogP contribution is -2.30. The van der Waals surface area contributed by atoms with Crippen molar-refractivity contribution in [2.45, 2.75) is 24.0 Å². The van der Waals surface area contributed by atoms with Crippen LogP contribution < -0.4 is 16.0 Å². The molecule has 8 nitrogen and oxygen atoms in total. The van der Waals surface area contributed by atoms with Crippen LogP contribution in [0.5, 0.6) is 0 Å². The van der Waals surface area contributed by atoms with Crippen molar-refractivity contribution in [2.24, 2.45) is 0 Å². The Morgan fingerprint density at radius 2 is 1.64 bits per heavy atom. The van der Waals surface area contributed by atoms with Gasteiger partial charge in [0.1, 0.15) is 11.5 Å². The number of hydrogen-bond acceptors (Lipinski definition) is 6. The van der Waals surface area contributed by atoms with E-state index >= 15 is 0 Å². The summed E-state index contributed by atoms with van der Waals surface area (Å²) in [6, 6.07) is 24.8. The van der Waals surface area contributed by atoms with Gasteiger partial charge in [-0.2, -0.15) is 0 Å². The van der Waals surface area contributed by atoms with Gasteiger partial charge in [0.15, 0.2) is 5.82 Å². The third-order valence-electron chi connectivity index (χ3n) is 5.38. The highest BCUT2D eigenvalue weighted by molar-refractivity contribution is 9.10. The fourth-order valence-corrected chi connectivity index (χ4v) is 4.53. The Hall–Kier alpha value is -4.15. The molecule has 10 heteroatoms. The molecule has 4 aromatic rings. The van der Waals surface area contributed by atoms with Crippen LogP contribution >= 0.6 is 27.7 Å². The van der Waals surface area contributed by atoms with E-state index in [0.717, 1.165) is 14.9 Å². The predicted molar refractivity (Wildman–Crippen MR) is 156 cm³/mol. The predicted octanol–water partition coefficient (Wildman–Crippen LogP) is 6.27. The Morgan fingerprint density at radius 1 is 0.949 bits per heavy atom. The van der Waals surface area contributed by atoms with E-state index in [1.54, 1.807) is 62.4 Å². The van der Waals surface area contributed by atoms with Crippen LogP contribution in [-0.2, 0) is 9.59 Å². The molecular weight excluding hydrogens is 580 g/mol. The molecule has 0 bridgehead atoms. The van der Waals surface area contributed by atoms with Crippen LogP contribution in [0.1, 0.15) is 28.6 Å². The molecule has 0 aliphatic rings. The van der Waals surface area contributed by atoms with Gasteiger partial charge < -0.3 is 20.5 Å². The number of amides is 3. The molecule has 3 N–H and O–H groups in total. The van der Waals surface area contributed by atoms with E-state index in [-0.39, 0.29) is 11.6 Å². The summed E-state index contributed by atoms with van der Waals surface area (Å²) in [7, 11) is 0. The standard InChI is InChI=1S/C29H25BrN4O4S/c1-18-16-26(34-38-18)33-27(35)19(2)39-24-14-12-23(13-15-24)31-29(37)25(17-20-8-10-22(30)11-9-20)32-28(36)21-6-4-3-5-7-21/h3-17,19H,1-2H3,(H,31,37)(H,32,36)(H,33,34,35)/b25-17-. The smallest absolute Gasteiger partial charge is 0.272 e. The maximum atomic E-state index is 13.2. The Balaban J connectivity index is 1.43. The van der Waals surface area contributed by atoms with Gasteiger partial charge in [0.25, 0.3) is 11.8 Å². The number of nitrogens with one attached hydrogen (secondary N) is 3. The van der Waals surface area contributed by atoms with Gasteiger partial charge in [-0.3, -0.25) is 14.4 Å². The number of halogens is 1. The molecule has 1 unspecified atom stereocenters. The molecule has 0 aliphatic heterocycles. The van der Waals surface area contributed by atoms with Gasteiger partial charge in [-0.1, -0.05) is 51.4 Å². The summed E-state index contributed by atoms with van der Waals surface area (Å²) in [4.78, 5) is 39.3. The number of carbonyl (C=O) groups is 3. The minimum atomic E-state index is -0.474. The molecule has 198 valence electrons. The zero-order valence-corrected chi connectivity index (χ0v) is 23.5. The second kappa shape index (κ2) is 13.1. The second-order valence-electron chi connectivity index (χ2n) is 8.48. The van der Waals surface area contributed by atoms with E-state index in [2.05, 4.69) is 37.0 Å². The van der Waals surface area contributed by atoms with Gasteiger partial charge in [-0.05, 0) is 74.0 Å². The molecule has 0 spiro atoms. The van der Waals surface area contributed by atoms with Crippen molar-refractivity contribution in [3.8, 4) is 0 Å². The summed E-state index contributed by atoms with van der Waals surface area (Å²) in [6.07, 6.45) is 1.61. The number of hydrogen-bond donors (Lipinski definition) is 3. The second-order valence-corrected chi connectivity index (χ2v) is 10.8. The van der Waals surface area contributed by atoms with Crippen LogP contribution in [0.25, 0.3) is 6.08 Å². The van der Waals surface area contributed by atoms with Crippen molar-refractivity contribution in [3.63, 3.8) is 0 Å². The first kappa shape index (κ1) is 27.9. The van der Waals surface area contributed by atoms with Gasteiger partial charge in [0.2, 0.25) is 5.91 Å². The third kappa shape index (κ3) is 8.17. The first-order chi connectivity index (χ1) is 18.8. The highest BCUT2D eigenvalue weighted by Gasteiger charge is 2.17. The first-order valence-corrected chi connectivity index (χ1v) is 13.6. The maximum absolute atomic E-state index is 13.2. The van der Waals surface area contributed by atoms with E-state index < -0.39 is 17.1 Å². The lowest BCUT2D eigenvalue weighted by molar-refractivity contribution is -0.115. The lowest BCUT2D eigenvalue weighted by atomic mass is 10.1. The number of carbonyl (C=O) groups excluding carboxylic acids is 3. The van der Waals surface area contributed by atoms with Crippen LogP contribution in [0.3, 0.4) is 0 Å². The fourth-order valence-electron chi connectivity index (χ4n) is 3.39. The summed E-state index contributed by atoms with van der Waals surface area (Å²) < 4.78 is 5.87. The lowest BCUT2D eigenvalue weighted by Gasteiger charge is -2.13. The number of rotatable bonds is 9. The largest absolute Gasteiger partial charge is 0.360 e. The number of nitrogens with zero attached hydrogens (tertiary/aromatic N) is 1. The average Bonchev–Trinajstić information content (AvgIpc) is 3.35. The van der Waals surface area contributed by atoms with Crippen LogP contribution in [0.15, 0.2) is 105 Å². The monoisotopic (exact) mass is 604 g/mol. The number of benzene rings is 3. The molecule has 0 radical (unpaired) electrons. The van der Waals surface area contributed by atoms with Crippen LogP contribution in [0, 0.1) is 6.92 Å². The number of aromatic nitrogens is 1. The van der Waals surface area contributed by atoms with Gasteiger partial charge in [-0.15, -0.1) is 11.8 Å². The van der Waals surface area contributed by atoms with Crippen molar-refractivity contribution >= 4 is 63.0 Å². The highest BCUT2D eigenvalue weighted by atomic mass is 79.9. The molecule has 0 saturated heterocycles. The third-order valence-corrected chi connectivity index (χ3v) is 7.02. The molecule has 39 heavy (non-hydrogen) atoms.